The Labute approximate surface area is 113 Å². The van der Waals surface area contributed by atoms with Gasteiger partial charge >= 0.3 is 0 Å². The number of imidazole rings is 1. The molecular formula is C14H16N2O2S. The second-order valence-corrected chi connectivity index (χ2v) is 7.35. The Hall–Kier alpha value is -1.62. The van der Waals surface area contributed by atoms with Gasteiger partial charge in [-0.1, -0.05) is 24.3 Å². The van der Waals surface area contributed by atoms with Gasteiger partial charge in [0.1, 0.15) is 0 Å². The van der Waals surface area contributed by atoms with Crippen LogP contribution in [-0.4, -0.2) is 24.2 Å². The molecular weight excluding hydrogens is 260 g/mol. The van der Waals surface area contributed by atoms with Gasteiger partial charge in [0, 0.05) is 24.7 Å². The van der Waals surface area contributed by atoms with E-state index in [1.807, 2.05) is 35.0 Å². The number of fused-ring (bicyclic) bond motifs is 1. The lowest BCUT2D eigenvalue weighted by Crippen LogP contribution is -2.25. The zero-order valence-electron chi connectivity index (χ0n) is 10.7. The van der Waals surface area contributed by atoms with Crippen LogP contribution < -0.4 is 0 Å². The van der Waals surface area contributed by atoms with Crippen molar-refractivity contribution in [3.05, 3.63) is 54.1 Å². The lowest BCUT2D eigenvalue weighted by molar-refractivity contribution is 0.427. The summed E-state index contributed by atoms with van der Waals surface area (Å²) in [6.07, 6.45) is 8.20. The molecule has 0 saturated heterocycles. The number of hydrogen-bond acceptors (Lipinski definition) is 3. The first-order valence-electron chi connectivity index (χ1n) is 6.30. The minimum Gasteiger partial charge on any atom is -0.334 e. The molecule has 0 saturated carbocycles. The van der Waals surface area contributed by atoms with Crippen LogP contribution in [0.15, 0.2) is 43.0 Å². The zero-order valence-corrected chi connectivity index (χ0v) is 11.5. The van der Waals surface area contributed by atoms with Crippen molar-refractivity contribution in [2.24, 2.45) is 0 Å². The van der Waals surface area contributed by atoms with Crippen LogP contribution in [0.4, 0.5) is 0 Å². The number of aromatic nitrogens is 2. The highest BCUT2D eigenvalue weighted by Crippen LogP contribution is 2.39. The quantitative estimate of drug-likeness (QED) is 0.844. The predicted molar refractivity (Wildman–Crippen MR) is 73.6 cm³/mol. The van der Waals surface area contributed by atoms with Gasteiger partial charge in [-0.2, -0.15) is 0 Å². The van der Waals surface area contributed by atoms with Crippen LogP contribution in [0, 0.1) is 0 Å². The molecule has 0 bridgehead atoms. The monoisotopic (exact) mass is 276 g/mol. The molecule has 0 amide bonds. The molecule has 0 fully saturated rings. The molecule has 1 aliphatic carbocycles. The first kappa shape index (κ1) is 12.4. The second-order valence-electron chi connectivity index (χ2n) is 5.12. The van der Waals surface area contributed by atoms with E-state index in [0.29, 0.717) is 6.42 Å². The summed E-state index contributed by atoms with van der Waals surface area (Å²) in [5.41, 5.74) is 2.09. The third kappa shape index (κ3) is 2.30. The molecule has 100 valence electrons. The van der Waals surface area contributed by atoms with E-state index < -0.39 is 15.1 Å². The van der Waals surface area contributed by atoms with E-state index in [9.17, 15) is 8.42 Å². The van der Waals surface area contributed by atoms with Gasteiger partial charge in [-0.05, 0) is 24.0 Å². The molecule has 4 nitrogen and oxygen atoms in total. The third-order valence-corrected chi connectivity index (χ3v) is 5.29. The van der Waals surface area contributed by atoms with Gasteiger partial charge in [-0.25, -0.2) is 13.4 Å². The fourth-order valence-corrected chi connectivity index (χ4v) is 4.13. The normalized spacial score (nSPS) is 23.0. The van der Waals surface area contributed by atoms with Gasteiger partial charge in [0.05, 0.1) is 11.6 Å². The van der Waals surface area contributed by atoms with Gasteiger partial charge < -0.3 is 4.57 Å². The Kier molecular flexibility index (Phi) is 2.93. The third-order valence-electron chi connectivity index (χ3n) is 3.81. The van der Waals surface area contributed by atoms with Crippen molar-refractivity contribution in [1.29, 1.82) is 0 Å². The molecule has 19 heavy (non-hydrogen) atoms. The molecule has 1 aromatic heterocycles. The number of rotatable bonds is 2. The van der Waals surface area contributed by atoms with E-state index in [-0.39, 0.29) is 6.04 Å². The summed E-state index contributed by atoms with van der Waals surface area (Å²) in [6, 6.07) is 8.00. The van der Waals surface area contributed by atoms with Crippen molar-refractivity contribution >= 4 is 9.84 Å². The highest BCUT2D eigenvalue weighted by Gasteiger charge is 2.33. The Balaban J connectivity index is 2.06. The van der Waals surface area contributed by atoms with Gasteiger partial charge in [0.25, 0.3) is 0 Å². The summed E-state index contributed by atoms with van der Waals surface area (Å²) in [7, 11) is -3.10. The molecule has 1 aliphatic rings. The smallest absolute Gasteiger partial charge is 0.154 e. The topological polar surface area (TPSA) is 52.0 Å². The zero-order chi connectivity index (χ0) is 13.5. The summed E-state index contributed by atoms with van der Waals surface area (Å²) in [6.45, 7) is 0. The first-order chi connectivity index (χ1) is 9.05. The van der Waals surface area contributed by atoms with Crippen LogP contribution in [0.3, 0.4) is 0 Å². The molecule has 3 rings (SSSR count). The predicted octanol–water partition coefficient (Wildman–Crippen LogP) is 2.16. The number of nitrogens with zero attached hydrogens (tertiary/aromatic N) is 2. The molecule has 0 spiro atoms. The maximum Gasteiger partial charge on any atom is 0.154 e. The summed E-state index contributed by atoms with van der Waals surface area (Å²) in [5, 5.41) is -0.412. The van der Waals surface area contributed by atoms with Gasteiger partial charge in [0.2, 0.25) is 0 Å². The van der Waals surface area contributed by atoms with Crippen molar-refractivity contribution in [1.82, 2.24) is 9.55 Å². The lowest BCUT2D eigenvalue weighted by atomic mass is 9.88. The maximum absolute atomic E-state index is 12.0. The number of benzene rings is 1. The molecule has 2 aromatic rings. The highest BCUT2D eigenvalue weighted by atomic mass is 32.2. The average Bonchev–Trinajstić information content (AvgIpc) is 2.90. The summed E-state index contributed by atoms with van der Waals surface area (Å²) >= 11 is 0. The number of sulfone groups is 1. The molecule has 1 heterocycles. The van der Waals surface area contributed by atoms with Crippen LogP contribution in [0.25, 0.3) is 0 Å². The molecule has 1 aromatic carbocycles. The Morgan fingerprint density at radius 1 is 1.32 bits per heavy atom. The highest BCUT2D eigenvalue weighted by molar-refractivity contribution is 7.90. The van der Waals surface area contributed by atoms with E-state index in [0.717, 1.165) is 17.5 Å². The number of hydrogen-bond donors (Lipinski definition) is 0. The van der Waals surface area contributed by atoms with E-state index >= 15 is 0 Å². The van der Waals surface area contributed by atoms with E-state index in [2.05, 4.69) is 4.98 Å². The fraction of sp³-hybridized carbons (Fsp3) is 0.357. The largest absolute Gasteiger partial charge is 0.334 e. The van der Waals surface area contributed by atoms with Crippen LogP contribution >= 0.6 is 0 Å². The maximum atomic E-state index is 12.0. The lowest BCUT2D eigenvalue weighted by Gasteiger charge is -2.31. The Morgan fingerprint density at radius 3 is 2.79 bits per heavy atom. The van der Waals surface area contributed by atoms with E-state index in [1.54, 1.807) is 12.5 Å². The van der Waals surface area contributed by atoms with Crippen LogP contribution in [0.5, 0.6) is 0 Å². The first-order valence-corrected chi connectivity index (χ1v) is 8.25. The van der Waals surface area contributed by atoms with Crippen LogP contribution in [0.2, 0.25) is 0 Å². The van der Waals surface area contributed by atoms with Gasteiger partial charge in [-0.3, -0.25) is 0 Å². The van der Waals surface area contributed by atoms with Crippen LogP contribution in [-0.2, 0) is 16.3 Å². The minimum atomic E-state index is -3.10. The van der Waals surface area contributed by atoms with Crippen molar-refractivity contribution in [2.75, 3.05) is 6.26 Å². The van der Waals surface area contributed by atoms with E-state index in [1.165, 1.54) is 6.26 Å². The molecule has 0 N–H and O–H groups in total. The molecule has 0 radical (unpaired) electrons. The summed E-state index contributed by atoms with van der Waals surface area (Å²) < 4.78 is 26.1. The fourth-order valence-electron chi connectivity index (χ4n) is 2.86. The molecule has 5 heteroatoms. The summed E-state index contributed by atoms with van der Waals surface area (Å²) in [4.78, 5) is 4.05. The Bertz CT molecular complexity index is 677. The average molecular weight is 276 g/mol. The van der Waals surface area contributed by atoms with E-state index in [4.69, 9.17) is 0 Å². The van der Waals surface area contributed by atoms with Crippen molar-refractivity contribution < 1.29 is 8.42 Å². The van der Waals surface area contributed by atoms with Crippen molar-refractivity contribution in [2.45, 2.75) is 24.1 Å². The van der Waals surface area contributed by atoms with Gasteiger partial charge in [0.15, 0.2) is 9.84 Å². The SMILES string of the molecule is CS(=O)(=O)C1C[C@H](n2ccnc2)Cc2ccccc21. The standard InChI is InChI=1S/C14H16N2O2S/c1-19(17,18)14-9-12(16-7-6-15-10-16)8-11-4-2-3-5-13(11)14/h2-7,10,12,14H,8-9H2,1H3/t12-,14?/m1/s1. The summed E-state index contributed by atoms with van der Waals surface area (Å²) in [5.74, 6) is 0. The Morgan fingerprint density at radius 2 is 2.11 bits per heavy atom. The minimum absolute atomic E-state index is 0.164. The molecule has 0 aliphatic heterocycles. The second kappa shape index (κ2) is 4.49. The van der Waals surface area contributed by atoms with Crippen molar-refractivity contribution in [3.63, 3.8) is 0 Å². The van der Waals surface area contributed by atoms with Crippen molar-refractivity contribution in [3.8, 4) is 0 Å². The van der Waals surface area contributed by atoms with Crippen LogP contribution in [0.1, 0.15) is 28.8 Å². The molecule has 2 atom stereocenters. The molecule has 1 unspecified atom stereocenters. The van der Waals surface area contributed by atoms with Gasteiger partial charge in [-0.15, -0.1) is 0 Å².